The van der Waals surface area contributed by atoms with Crippen LogP contribution in [-0.4, -0.2) is 41.4 Å². The van der Waals surface area contributed by atoms with Crippen LogP contribution in [0.1, 0.15) is 45.7 Å². The zero-order chi connectivity index (χ0) is 17.1. The van der Waals surface area contributed by atoms with Crippen molar-refractivity contribution < 1.29 is 24.2 Å². The predicted molar refractivity (Wildman–Crippen MR) is 88.6 cm³/mol. The molecule has 0 radical (unpaired) electrons. The first-order valence-electron chi connectivity index (χ1n) is 8.16. The first kappa shape index (κ1) is 16.7. The third-order valence-corrected chi connectivity index (χ3v) is 4.50. The average Bonchev–Trinajstić information content (AvgIpc) is 2.96. The lowest BCUT2D eigenvalue weighted by Crippen LogP contribution is -2.24. The quantitative estimate of drug-likeness (QED) is 0.823. The van der Waals surface area contributed by atoms with E-state index in [1.807, 2.05) is 6.92 Å². The van der Waals surface area contributed by atoms with Gasteiger partial charge in [0.25, 0.3) is 0 Å². The summed E-state index contributed by atoms with van der Waals surface area (Å²) in [5, 5.41) is 10.3. The lowest BCUT2D eigenvalue weighted by Gasteiger charge is -2.23. The van der Waals surface area contributed by atoms with Crippen molar-refractivity contribution in [3.63, 3.8) is 0 Å². The van der Waals surface area contributed by atoms with Crippen molar-refractivity contribution in [2.45, 2.75) is 39.0 Å². The lowest BCUT2D eigenvalue weighted by molar-refractivity contribution is -0.163. The first-order chi connectivity index (χ1) is 11.6. The molecule has 6 nitrogen and oxygen atoms in total. The molecular weight excluding hydrogens is 310 g/mol. The Kier molecular flexibility index (Phi) is 4.97. The van der Waals surface area contributed by atoms with Crippen molar-refractivity contribution in [1.82, 2.24) is 4.57 Å². The van der Waals surface area contributed by atoms with Crippen LogP contribution in [0.3, 0.4) is 0 Å². The van der Waals surface area contributed by atoms with E-state index in [0.717, 1.165) is 42.0 Å². The third kappa shape index (κ3) is 3.20. The Hall–Kier alpha value is -2.18. The fourth-order valence-electron chi connectivity index (χ4n) is 3.16. The Morgan fingerprint density at radius 3 is 2.96 bits per heavy atom. The van der Waals surface area contributed by atoms with Gasteiger partial charge in [-0.3, -0.25) is 4.79 Å². The number of aryl methyl sites for hydroxylation is 1. The number of aromatic carboxylic acids is 1. The summed E-state index contributed by atoms with van der Waals surface area (Å²) in [6.07, 6.45) is 3.61. The number of carboxylic acid groups (broad SMARTS) is 1. The molecule has 2 aromatic rings. The normalized spacial score (nSPS) is 18.0. The highest BCUT2D eigenvalue weighted by atomic mass is 16.7. The predicted octanol–water partition coefficient (Wildman–Crippen LogP) is 3.00. The van der Waals surface area contributed by atoms with Gasteiger partial charge in [-0.05, 0) is 49.9 Å². The summed E-state index contributed by atoms with van der Waals surface area (Å²) in [6.45, 7) is 3.34. The maximum atomic E-state index is 11.6. The van der Waals surface area contributed by atoms with Crippen molar-refractivity contribution in [1.29, 1.82) is 0 Å². The molecule has 1 aromatic heterocycles. The number of hydrogen-bond acceptors (Lipinski definition) is 4. The van der Waals surface area contributed by atoms with Gasteiger partial charge >= 0.3 is 5.97 Å². The number of aromatic nitrogens is 1. The van der Waals surface area contributed by atoms with Gasteiger partial charge in [0.2, 0.25) is 0 Å². The zero-order valence-electron chi connectivity index (χ0n) is 13.7. The number of fused-ring (bicyclic) bond motifs is 1. The second-order valence-electron chi connectivity index (χ2n) is 5.98. The highest BCUT2D eigenvalue weighted by molar-refractivity contribution is 5.98. The molecule has 1 saturated heterocycles. The van der Waals surface area contributed by atoms with Crippen molar-refractivity contribution in [3.05, 3.63) is 35.0 Å². The second-order valence-corrected chi connectivity index (χ2v) is 5.98. The van der Waals surface area contributed by atoms with Crippen molar-refractivity contribution >= 4 is 23.2 Å². The summed E-state index contributed by atoms with van der Waals surface area (Å²) in [4.78, 5) is 22.7. The van der Waals surface area contributed by atoms with Crippen LogP contribution in [0.5, 0.6) is 0 Å². The highest BCUT2D eigenvalue weighted by Crippen LogP contribution is 2.25. The van der Waals surface area contributed by atoms with Crippen LogP contribution in [0.15, 0.2) is 18.2 Å². The molecule has 3 rings (SSSR count). The Bertz CT molecular complexity index is 758. The number of benzene rings is 1. The summed E-state index contributed by atoms with van der Waals surface area (Å²) in [6, 6.07) is 5.13. The van der Waals surface area contributed by atoms with Gasteiger partial charge in [-0.1, -0.05) is 0 Å². The largest absolute Gasteiger partial charge is 0.477 e. The number of ether oxygens (including phenoxy) is 2. The van der Waals surface area contributed by atoms with Crippen LogP contribution in [-0.2, 0) is 16.0 Å². The van der Waals surface area contributed by atoms with Crippen LogP contribution in [0.4, 0.5) is 0 Å². The topological polar surface area (TPSA) is 77.8 Å². The van der Waals surface area contributed by atoms with Crippen LogP contribution in [0.2, 0.25) is 0 Å². The summed E-state index contributed by atoms with van der Waals surface area (Å²) in [7, 11) is 0. The molecule has 0 amide bonds. The second kappa shape index (κ2) is 7.15. The van der Waals surface area contributed by atoms with Crippen molar-refractivity contribution in [2.75, 3.05) is 13.2 Å². The van der Waals surface area contributed by atoms with E-state index in [9.17, 15) is 14.7 Å². The maximum absolute atomic E-state index is 11.6. The summed E-state index contributed by atoms with van der Waals surface area (Å²) in [5.74, 6) is -0.993. The van der Waals surface area contributed by atoms with Gasteiger partial charge in [0.1, 0.15) is 12.0 Å². The van der Waals surface area contributed by atoms with Crippen molar-refractivity contribution in [2.24, 2.45) is 0 Å². The number of hydrogen-bond donors (Lipinski definition) is 1. The van der Waals surface area contributed by atoms with Crippen LogP contribution >= 0.6 is 0 Å². The Balaban J connectivity index is 1.85. The van der Waals surface area contributed by atoms with Gasteiger partial charge in [0, 0.05) is 29.6 Å². The number of nitrogens with zero attached hydrogens (tertiary/aromatic N) is 1. The van der Waals surface area contributed by atoms with Crippen LogP contribution < -0.4 is 0 Å². The van der Waals surface area contributed by atoms with Gasteiger partial charge in [-0.25, -0.2) is 4.79 Å². The van der Waals surface area contributed by atoms with E-state index < -0.39 is 5.97 Å². The molecule has 1 aromatic carbocycles. The minimum absolute atomic E-state index is 0.197. The molecule has 6 heteroatoms. The van der Waals surface area contributed by atoms with Gasteiger partial charge in [0.15, 0.2) is 6.29 Å². The van der Waals surface area contributed by atoms with E-state index in [4.69, 9.17) is 9.47 Å². The number of rotatable bonds is 6. The number of carbonyl (C=O) groups is 2. The van der Waals surface area contributed by atoms with Gasteiger partial charge < -0.3 is 19.1 Å². The Morgan fingerprint density at radius 1 is 1.46 bits per heavy atom. The number of carboxylic acids is 1. The fourth-order valence-corrected chi connectivity index (χ4v) is 3.16. The van der Waals surface area contributed by atoms with Crippen LogP contribution in [0.25, 0.3) is 10.9 Å². The molecule has 0 spiro atoms. The fraction of sp³-hybridized carbons (Fsp3) is 0.444. The Morgan fingerprint density at radius 2 is 2.29 bits per heavy atom. The maximum Gasteiger partial charge on any atom is 0.352 e. The molecular formula is C18H21NO5. The van der Waals surface area contributed by atoms with E-state index in [1.165, 1.54) is 0 Å². The molecule has 1 N–H and O–H groups in total. The van der Waals surface area contributed by atoms with E-state index >= 15 is 0 Å². The molecule has 1 aliphatic rings. The molecule has 2 heterocycles. The van der Waals surface area contributed by atoms with Gasteiger partial charge in [-0.15, -0.1) is 0 Å². The molecule has 0 aliphatic carbocycles. The average molecular weight is 331 g/mol. The lowest BCUT2D eigenvalue weighted by atomic mass is 10.1. The van der Waals surface area contributed by atoms with E-state index in [0.29, 0.717) is 25.3 Å². The highest BCUT2D eigenvalue weighted by Gasteiger charge is 2.18. The summed E-state index contributed by atoms with van der Waals surface area (Å²) >= 11 is 0. The minimum Gasteiger partial charge on any atom is -0.477 e. The molecule has 128 valence electrons. The standard InChI is InChI=1S/C18H21NO5/c1-12-13(11-20)5-6-15-14(12)10-16(18(21)22)19(15)7-9-24-17-4-2-3-8-23-17/h5-6,10-11,17H,2-4,7-9H2,1H3,(H,21,22). The minimum atomic E-state index is -0.993. The summed E-state index contributed by atoms with van der Waals surface area (Å²) in [5.41, 5.74) is 2.36. The van der Waals surface area contributed by atoms with E-state index in [-0.39, 0.29) is 12.0 Å². The SMILES string of the molecule is Cc1c(C=O)ccc2c1cc(C(=O)O)n2CCOC1CCCCO1. The Labute approximate surface area is 140 Å². The zero-order valence-corrected chi connectivity index (χ0v) is 13.7. The molecule has 1 unspecified atom stereocenters. The molecule has 0 saturated carbocycles. The first-order valence-corrected chi connectivity index (χ1v) is 8.16. The molecule has 1 fully saturated rings. The van der Waals surface area contributed by atoms with E-state index in [1.54, 1.807) is 22.8 Å². The van der Waals surface area contributed by atoms with E-state index in [2.05, 4.69) is 0 Å². The number of aldehydes is 1. The monoisotopic (exact) mass is 331 g/mol. The smallest absolute Gasteiger partial charge is 0.352 e. The van der Waals surface area contributed by atoms with Gasteiger partial charge in [-0.2, -0.15) is 0 Å². The molecule has 1 aliphatic heterocycles. The number of carbonyl (C=O) groups excluding carboxylic acids is 1. The molecule has 0 bridgehead atoms. The molecule has 1 atom stereocenters. The third-order valence-electron chi connectivity index (χ3n) is 4.50. The molecule has 24 heavy (non-hydrogen) atoms. The van der Waals surface area contributed by atoms with Gasteiger partial charge in [0.05, 0.1) is 6.61 Å². The van der Waals surface area contributed by atoms with Crippen LogP contribution in [0, 0.1) is 6.92 Å². The summed E-state index contributed by atoms with van der Waals surface area (Å²) < 4.78 is 13.0. The van der Waals surface area contributed by atoms with Crippen molar-refractivity contribution in [3.8, 4) is 0 Å².